The van der Waals surface area contributed by atoms with E-state index in [1.165, 1.54) is 0 Å². The Morgan fingerprint density at radius 2 is 0.940 bits per heavy atom. The van der Waals surface area contributed by atoms with Crippen LogP contribution in [0.5, 0.6) is 0 Å². The molecule has 0 radical (unpaired) electrons. The molecule has 0 heteroatoms. The van der Waals surface area contributed by atoms with Gasteiger partial charge in [0.2, 0.25) is 0 Å². The van der Waals surface area contributed by atoms with E-state index in [2.05, 4.69) is 62.3 Å². The van der Waals surface area contributed by atoms with Crippen LogP contribution >= 0.6 is 0 Å². The summed E-state index contributed by atoms with van der Waals surface area (Å²) < 4.78 is 0. The first kappa shape index (κ1) is 33.3. The standard InChI is InChI=1S/C50H80/c1-23(2)29-12-15-42-40(18-29)43-31-13-10-26(7)16-34(31)36-22-37-35-17-27(8)11-14-32(35)44-41-20-30(24(3)4)19-38-39-21-33(25(5)6)28(9)47(39)50(42,48(38)41)49(45(36)43)46(37)44/h23-49H,10-22H2,1-9H3. The Balaban J connectivity index is 1.16. The Labute approximate surface area is 310 Å². The van der Waals surface area contributed by atoms with Gasteiger partial charge in [-0.25, -0.2) is 0 Å². The van der Waals surface area contributed by atoms with Crippen molar-refractivity contribution in [1.82, 2.24) is 0 Å². The highest BCUT2D eigenvalue weighted by atomic mass is 14.9. The fourth-order valence-electron chi connectivity index (χ4n) is 22.0. The second-order valence-electron chi connectivity index (χ2n) is 24.5. The van der Waals surface area contributed by atoms with Crippen molar-refractivity contribution in [2.75, 3.05) is 0 Å². The van der Waals surface area contributed by atoms with Crippen molar-refractivity contribution in [3.63, 3.8) is 0 Å². The van der Waals surface area contributed by atoms with Crippen molar-refractivity contribution in [2.24, 2.45) is 165 Å². The van der Waals surface area contributed by atoms with Crippen LogP contribution in [0, 0.1) is 165 Å². The third kappa shape index (κ3) is 3.99. The average molecular weight is 681 g/mol. The summed E-state index contributed by atoms with van der Waals surface area (Å²) in [5, 5.41) is 0. The highest BCUT2D eigenvalue weighted by Gasteiger charge is 2.83. The highest BCUT2D eigenvalue weighted by molar-refractivity contribution is 5.30. The van der Waals surface area contributed by atoms with Gasteiger partial charge in [-0.3, -0.25) is 0 Å². The molecule has 0 nitrogen and oxygen atoms in total. The Hall–Kier alpha value is 0. The van der Waals surface area contributed by atoms with Gasteiger partial charge in [-0.05, 0) is 236 Å². The molecule has 1 spiro atoms. The molecule has 11 saturated carbocycles. The summed E-state index contributed by atoms with van der Waals surface area (Å²) in [4.78, 5) is 0. The molecular weight excluding hydrogens is 601 g/mol. The van der Waals surface area contributed by atoms with Crippen LogP contribution in [0.15, 0.2) is 0 Å². The maximum atomic E-state index is 2.91. The monoisotopic (exact) mass is 681 g/mol. The van der Waals surface area contributed by atoms with Gasteiger partial charge < -0.3 is 0 Å². The summed E-state index contributed by atoms with van der Waals surface area (Å²) in [6, 6.07) is 0. The van der Waals surface area contributed by atoms with E-state index in [9.17, 15) is 0 Å². The number of rotatable bonds is 3. The van der Waals surface area contributed by atoms with Gasteiger partial charge in [-0.2, -0.15) is 0 Å². The molecule has 0 aromatic carbocycles. The first-order valence-electron chi connectivity index (χ1n) is 24.0. The molecule has 0 bridgehead atoms. The molecule has 25 atom stereocenters. The Kier molecular flexibility index (Phi) is 7.53. The summed E-state index contributed by atoms with van der Waals surface area (Å²) in [6.45, 7) is 24.2. The van der Waals surface area contributed by atoms with Gasteiger partial charge in [0.05, 0.1) is 0 Å². The summed E-state index contributed by atoms with van der Waals surface area (Å²) >= 11 is 0. The second-order valence-corrected chi connectivity index (χ2v) is 24.5. The van der Waals surface area contributed by atoms with E-state index < -0.39 is 0 Å². The Morgan fingerprint density at radius 1 is 0.380 bits per heavy atom. The van der Waals surface area contributed by atoms with E-state index in [0.29, 0.717) is 0 Å². The van der Waals surface area contributed by atoms with Crippen molar-refractivity contribution in [1.29, 1.82) is 0 Å². The minimum absolute atomic E-state index is 0.717. The normalized spacial score (nSPS) is 64.1. The maximum absolute atomic E-state index is 2.91. The van der Waals surface area contributed by atoms with E-state index in [-0.39, 0.29) is 0 Å². The van der Waals surface area contributed by atoms with Gasteiger partial charge in [0.15, 0.2) is 0 Å². The van der Waals surface area contributed by atoms with Crippen molar-refractivity contribution in [2.45, 2.75) is 146 Å². The fraction of sp³-hybridized carbons (Fsp3) is 1.00. The molecule has 11 aliphatic rings. The molecule has 0 saturated heterocycles. The fourth-order valence-corrected chi connectivity index (χ4v) is 22.0. The molecule has 0 aliphatic heterocycles. The van der Waals surface area contributed by atoms with Crippen molar-refractivity contribution in [3.8, 4) is 0 Å². The van der Waals surface area contributed by atoms with E-state index in [1.807, 2.05) is 0 Å². The molecule has 0 amide bonds. The second kappa shape index (κ2) is 11.3. The zero-order chi connectivity index (χ0) is 34.3. The van der Waals surface area contributed by atoms with Gasteiger partial charge in [-0.15, -0.1) is 0 Å². The molecule has 0 N–H and O–H groups in total. The van der Waals surface area contributed by atoms with Crippen LogP contribution in [0.3, 0.4) is 0 Å². The van der Waals surface area contributed by atoms with Crippen LogP contribution < -0.4 is 0 Å². The molecule has 11 fully saturated rings. The third-order valence-corrected chi connectivity index (χ3v) is 22.7. The van der Waals surface area contributed by atoms with Crippen LogP contribution in [-0.2, 0) is 0 Å². The molecule has 0 aromatic rings. The molecule has 0 heterocycles. The Morgan fingerprint density at radius 3 is 1.54 bits per heavy atom. The van der Waals surface area contributed by atoms with Gasteiger partial charge in [0, 0.05) is 0 Å². The van der Waals surface area contributed by atoms with Crippen molar-refractivity contribution in [3.05, 3.63) is 0 Å². The molecular formula is C50H80. The molecule has 0 aromatic heterocycles. The quantitative estimate of drug-likeness (QED) is 0.278. The van der Waals surface area contributed by atoms with E-state index in [4.69, 9.17) is 0 Å². The molecule has 11 rings (SSSR count). The van der Waals surface area contributed by atoms with Crippen LogP contribution in [0.2, 0.25) is 0 Å². The topological polar surface area (TPSA) is 0 Å². The summed E-state index contributed by atoms with van der Waals surface area (Å²) in [5.41, 5.74) is 0.717. The molecule has 25 unspecified atom stereocenters. The summed E-state index contributed by atoms with van der Waals surface area (Å²) in [6.07, 6.45) is 21.2. The predicted octanol–water partition coefficient (Wildman–Crippen LogP) is 13.0. The van der Waals surface area contributed by atoms with Crippen molar-refractivity contribution < 1.29 is 0 Å². The van der Waals surface area contributed by atoms with Gasteiger partial charge in [-0.1, -0.05) is 75.2 Å². The zero-order valence-corrected chi connectivity index (χ0v) is 34.3. The lowest BCUT2D eigenvalue weighted by molar-refractivity contribution is -0.263. The van der Waals surface area contributed by atoms with E-state index in [1.54, 1.807) is 83.5 Å². The number of hydrogen-bond acceptors (Lipinski definition) is 0. The largest absolute Gasteiger partial charge is 0.0625 e. The number of hydrogen-bond donors (Lipinski definition) is 0. The van der Waals surface area contributed by atoms with Gasteiger partial charge in [0.1, 0.15) is 0 Å². The van der Waals surface area contributed by atoms with Crippen LogP contribution in [0.25, 0.3) is 0 Å². The lowest BCUT2D eigenvalue weighted by atomic mass is 9.31. The SMILES string of the molecule is CC1CCC2C(C1)C1CC3C4CC(C)CCC4C4C5CC(C(C)C)CC6C7CC(C(C)C)C(C)C7C7(C8CCC(C(C)C)CC8C2C1C7C34)C65. The zero-order valence-electron chi connectivity index (χ0n) is 34.3. The Bertz CT molecular complexity index is 1310. The van der Waals surface area contributed by atoms with Gasteiger partial charge in [0.25, 0.3) is 0 Å². The van der Waals surface area contributed by atoms with Crippen LogP contribution in [0.4, 0.5) is 0 Å². The first-order chi connectivity index (χ1) is 24.0. The molecule has 11 aliphatic carbocycles. The van der Waals surface area contributed by atoms with Crippen LogP contribution in [0.1, 0.15) is 146 Å². The molecule has 50 heavy (non-hydrogen) atoms. The minimum Gasteiger partial charge on any atom is -0.0625 e. The predicted molar refractivity (Wildman–Crippen MR) is 208 cm³/mol. The highest BCUT2D eigenvalue weighted by Crippen LogP contribution is 2.88. The summed E-state index contributed by atoms with van der Waals surface area (Å²) in [5.74, 6) is 28.7. The average Bonchev–Trinajstić information content (AvgIpc) is 3.79. The maximum Gasteiger partial charge on any atom is -0.0165 e. The minimum atomic E-state index is 0.717. The smallest absolute Gasteiger partial charge is 0.0165 e. The van der Waals surface area contributed by atoms with E-state index in [0.717, 1.165) is 165 Å². The number of fused-ring (bicyclic) bond motifs is 11. The lowest BCUT2D eigenvalue weighted by Gasteiger charge is -2.73. The van der Waals surface area contributed by atoms with Crippen molar-refractivity contribution >= 4 is 0 Å². The summed E-state index contributed by atoms with van der Waals surface area (Å²) in [7, 11) is 0. The third-order valence-electron chi connectivity index (χ3n) is 22.7. The first-order valence-corrected chi connectivity index (χ1v) is 24.0. The van der Waals surface area contributed by atoms with E-state index >= 15 is 0 Å². The van der Waals surface area contributed by atoms with Crippen LogP contribution in [-0.4, -0.2) is 0 Å². The lowest BCUT2D eigenvalue weighted by Crippen LogP contribution is -2.69. The molecule has 280 valence electrons. The van der Waals surface area contributed by atoms with Gasteiger partial charge >= 0.3 is 0 Å².